The van der Waals surface area contributed by atoms with Crippen LogP contribution in [0.3, 0.4) is 0 Å². The summed E-state index contributed by atoms with van der Waals surface area (Å²) in [5.41, 5.74) is 4.53. The third-order valence-electron chi connectivity index (χ3n) is 3.02. The van der Waals surface area contributed by atoms with Gasteiger partial charge in [0, 0.05) is 17.3 Å². The van der Waals surface area contributed by atoms with Crippen molar-refractivity contribution in [1.29, 1.82) is 0 Å². The van der Waals surface area contributed by atoms with E-state index >= 15 is 0 Å². The molecule has 1 heterocycles. The van der Waals surface area contributed by atoms with Crippen LogP contribution in [0.4, 0.5) is 5.69 Å². The van der Waals surface area contributed by atoms with Gasteiger partial charge in [0.2, 0.25) is 0 Å². The number of nitrogens with zero attached hydrogens (tertiary/aromatic N) is 2. The maximum Gasteiger partial charge on any atom is 0.335 e. The Morgan fingerprint density at radius 1 is 1.45 bits per heavy atom. The van der Waals surface area contributed by atoms with Crippen molar-refractivity contribution in [3.63, 3.8) is 0 Å². The molecule has 7 nitrogen and oxygen atoms in total. The number of aliphatic hydroxyl groups is 1. The van der Waals surface area contributed by atoms with Gasteiger partial charge < -0.3 is 15.3 Å². The number of carboxylic acids is 1. The second-order valence-corrected chi connectivity index (χ2v) is 4.55. The molecule has 0 saturated carbocycles. The fourth-order valence-corrected chi connectivity index (χ4v) is 1.82. The Kier molecular flexibility index (Phi) is 4.70. The van der Waals surface area contributed by atoms with Crippen LogP contribution >= 0.6 is 0 Å². The summed E-state index contributed by atoms with van der Waals surface area (Å²) in [6.45, 7) is 1.36. The zero-order valence-electron chi connectivity index (χ0n) is 11.8. The molecule has 1 aromatic heterocycles. The van der Waals surface area contributed by atoms with Gasteiger partial charge in [-0.15, -0.1) is 0 Å². The number of hydrazone groups is 1. The molecule has 4 N–H and O–H groups in total. The lowest BCUT2D eigenvalue weighted by Gasteiger charge is -2.07. The predicted octanol–water partition coefficient (Wildman–Crippen LogP) is 1.73. The van der Waals surface area contributed by atoms with E-state index in [2.05, 4.69) is 15.5 Å². The Morgan fingerprint density at radius 3 is 2.91 bits per heavy atom. The van der Waals surface area contributed by atoms with Gasteiger partial charge in [0.05, 0.1) is 29.8 Å². The van der Waals surface area contributed by atoms with Crippen LogP contribution in [0, 0.1) is 6.92 Å². The molecule has 1 aromatic carbocycles. The molecule has 114 valence electrons. The van der Waals surface area contributed by atoms with E-state index in [1.165, 1.54) is 24.5 Å². The molecule has 0 spiro atoms. The minimum Gasteiger partial charge on any atom is -0.505 e. The van der Waals surface area contributed by atoms with Crippen molar-refractivity contribution >= 4 is 17.9 Å². The van der Waals surface area contributed by atoms with Crippen LogP contribution in [0.2, 0.25) is 0 Å². The van der Waals surface area contributed by atoms with Crippen LogP contribution in [0.1, 0.15) is 27.2 Å². The predicted molar refractivity (Wildman–Crippen MR) is 81.2 cm³/mol. The highest BCUT2D eigenvalue weighted by molar-refractivity contribution is 5.89. The minimum atomic E-state index is -1.03. The summed E-state index contributed by atoms with van der Waals surface area (Å²) in [5.74, 6) is -1.09. The maximum atomic E-state index is 10.9. The molecule has 0 amide bonds. The lowest BCUT2D eigenvalue weighted by atomic mass is 10.1. The Morgan fingerprint density at radius 2 is 2.23 bits per heavy atom. The first-order chi connectivity index (χ1) is 10.5. The van der Waals surface area contributed by atoms with Crippen molar-refractivity contribution in [2.45, 2.75) is 13.5 Å². The summed E-state index contributed by atoms with van der Waals surface area (Å²) in [4.78, 5) is 14.8. The topological polar surface area (TPSA) is 115 Å². The molecule has 7 heteroatoms. The molecule has 0 unspecified atom stereocenters. The van der Waals surface area contributed by atoms with Crippen LogP contribution in [0.25, 0.3) is 0 Å². The minimum absolute atomic E-state index is 0.0589. The van der Waals surface area contributed by atoms with E-state index in [-0.39, 0.29) is 17.9 Å². The first-order valence-electron chi connectivity index (χ1n) is 6.43. The number of aliphatic hydroxyl groups excluding tert-OH is 1. The monoisotopic (exact) mass is 301 g/mol. The molecule has 0 aliphatic heterocycles. The summed E-state index contributed by atoms with van der Waals surface area (Å²) >= 11 is 0. The number of pyridine rings is 1. The number of rotatable bonds is 5. The van der Waals surface area contributed by atoms with Gasteiger partial charge in [0.15, 0.2) is 0 Å². The van der Waals surface area contributed by atoms with Gasteiger partial charge in [-0.3, -0.25) is 10.4 Å². The second-order valence-electron chi connectivity index (χ2n) is 4.55. The van der Waals surface area contributed by atoms with E-state index in [0.717, 1.165) is 0 Å². The molecule has 0 aliphatic carbocycles. The summed E-state index contributed by atoms with van der Waals surface area (Å²) in [6.07, 6.45) is 2.81. The van der Waals surface area contributed by atoms with Crippen LogP contribution in [-0.4, -0.2) is 32.5 Å². The maximum absolute atomic E-state index is 10.9. The van der Waals surface area contributed by atoms with E-state index < -0.39 is 5.97 Å². The standard InChI is InChI=1S/C15H15N3O4/c1-9-14(20)13(11(8-19)6-16-9)7-17-18-12-4-2-3-10(5-12)15(21)22/h2-7,18-20H,8H2,1H3,(H,21,22)/b17-7+. The fourth-order valence-electron chi connectivity index (χ4n) is 1.82. The van der Waals surface area contributed by atoms with Gasteiger partial charge in [-0.1, -0.05) is 6.07 Å². The van der Waals surface area contributed by atoms with Crippen molar-refractivity contribution in [2.24, 2.45) is 5.10 Å². The number of benzene rings is 1. The fraction of sp³-hybridized carbons (Fsp3) is 0.133. The Bertz CT molecular complexity index is 729. The highest BCUT2D eigenvalue weighted by Crippen LogP contribution is 2.22. The Balaban J connectivity index is 2.21. The largest absolute Gasteiger partial charge is 0.505 e. The number of carbonyl (C=O) groups is 1. The van der Waals surface area contributed by atoms with Crippen molar-refractivity contribution < 1.29 is 20.1 Å². The third-order valence-corrected chi connectivity index (χ3v) is 3.02. The number of hydrogen-bond donors (Lipinski definition) is 4. The molecule has 0 radical (unpaired) electrons. The van der Waals surface area contributed by atoms with Crippen molar-refractivity contribution in [3.05, 3.63) is 52.8 Å². The normalized spacial score (nSPS) is 10.8. The molecule has 0 fully saturated rings. The van der Waals surface area contributed by atoms with Crippen LogP contribution < -0.4 is 5.43 Å². The van der Waals surface area contributed by atoms with Crippen molar-refractivity contribution in [1.82, 2.24) is 4.98 Å². The molecule has 0 bridgehead atoms. The zero-order valence-corrected chi connectivity index (χ0v) is 11.8. The van der Waals surface area contributed by atoms with E-state index in [0.29, 0.717) is 22.5 Å². The van der Waals surface area contributed by atoms with E-state index in [9.17, 15) is 15.0 Å². The number of anilines is 1. The average molecular weight is 301 g/mol. The number of hydrogen-bond acceptors (Lipinski definition) is 6. The molecule has 0 saturated heterocycles. The lowest BCUT2D eigenvalue weighted by molar-refractivity contribution is 0.0697. The Labute approximate surface area is 126 Å². The van der Waals surface area contributed by atoms with Crippen LogP contribution in [0.15, 0.2) is 35.6 Å². The van der Waals surface area contributed by atoms with E-state index in [1.807, 2.05) is 0 Å². The van der Waals surface area contributed by atoms with Gasteiger partial charge >= 0.3 is 5.97 Å². The number of aromatic carboxylic acids is 1. The lowest BCUT2D eigenvalue weighted by Crippen LogP contribution is -2.00. The molecule has 2 rings (SSSR count). The SMILES string of the molecule is Cc1ncc(CO)c(/C=N/Nc2cccc(C(=O)O)c2)c1O. The first kappa shape index (κ1) is 15.5. The molecule has 2 aromatic rings. The van der Waals surface area contributed by atoms with E-state index in [1.54, 1.807) is 19.1 Å². The summed E-state index contributed by atoms with van der Waals surface area (Å²) in [7, 11) is 0. The van der Waals surface area contributed by atoms with Gasteiger partial charge in [-0.25, -0.2) is 4.79 Å². The van der Waals surface area contributed by atoms with Gasteiger partial charge in [-0.2, -0.15) is 5.10 Å². The van der Waals surface area contributed by atoms with E-state index in [4.69, 9.17) is 5.11 Å². The summed E-state index contributed by atoms with van der Waals surface area (Å²) in [6, 6.07) is 6.16. The molecular formula is C15H15N3O4. The Hall–Kier alpha value is -2.93. The molecule has 22 heavy (non-hydrogen) atoms. The van der Waals surface area contributed by atoms with Crippen molar-refractivity contribution in [3.8, 4) is 5.75 Å². The van der Waals surface area contributed by atoms with Gasteiger partial charge in [0.1, 0.15) is 5.75 Å². The summed E-state index contributed by atoms with van der Waals surface area (Å²) < 4.78 is 0. The van der Waals surface area contributed by atoms with Crippen LogP contribution in [0.5, 0.6) is 5.75 Å². The molecular weight excluding hydrogens is 286 g/mol. The van der Waals surface area contributed by atoms with Crippen molar-refractivity contribution in [2.75, 3.05) is 5.43 Å². The molecule has 0 atom stereocenters. The zero-order chi connectivity index (χ0) is 16.1. The number of aryl methyl sites for hydroxylation is 1. The van der Waals surface area contributed by atoms with Crippen LogP contribution in [-0.2, 0) is 6.61 Å². The highest BCUT2D eigenvalue weighted by atomic mass is 16.4. The second kappa shape index (κ2) is 6.68. The summed E-state index contributed by atoms with van der Waals surface area (Å²) in [5, 5.41) is 32.1. The smallest absolute Gasteiger partial charge is 0.335 e. The third kappa shape index (κ3) is 3.39. The number of carboxylic acid groups (broad SMARTS) is 1. The first-order valence-corrected chi connectivity index (χ1v) is 6.43. The quantitative estimate of drug-likeness (QED) is 0.494. The molecule has 0 aliphatic rings. The average Bonchev–Trinajstić information content (AvgIpc) is 2.52. The number of aromatic nitrogens is 1. The number of aromatic hydroxyl groups is 1. The number of nitrogens with one attached hydrogen (secondary N) is 1. The van der Waals surface area contributed by atoms with Gasteiger partial charge in [0.25, 0.3) is 0 Å². The van der Waals surface area contributed by atoms with Gasteiger partial charge in [-0.05, 0) is 25.1 Å². The highest BCUT2D eigenvalue weighted by Gasteiger charge is 2.09.